The number of hydrogen-bond donors (Lipinski definition) is 2. The molecule has 5 heteroatoms. The van der Waals surface area contributed by atoms with Crippen LogP contribution in [-0.2, 0) is 5.66 Å². The number of nitrogen functional groups attached to an aromatic ring is 1. The number of hydrogen-bond acceptors (Lipinski definition) is 4. The topological polar surface area (TPSA) is 76.8 Å². The first-order chi connectivity index (χ1) is 8.53. The van der Waals surface area contributed by atoms with Gasteiger partial charge in [0.1, 0.15) is 11.7 Å². The number of nitrogens with zero attached hydrogens (tertiary/aromatic N) is 2. The van der Waals surface area contributed by atoms with E-state index >= 15 is 0 Å². The van der Waals surface area contributed by atoms with Gasteiger partial charge in [-0.3, -0.25) is 4.99 Å². The minimum Gasteiger partial charge on any atom is -0.399 e. The lowest BCUT2D eigenvalue weighted by Crippen LogP contribution is -2.24. The number of halogens is 1. The predicted octanol–water partition coefficient (Wildman–Crippen LogP) is 1.80. The van der Waals surface area contributed by atoms with E-state index in [1.807, 2.05) is 0 Å². The normalized spacial score (nSPS) is 27.0. The molecular weight excluding hydrogens is 231 g/mol. The van der Waals surface area contributed by atoms with E-state index in [-0.39, 0.29) is 11.7 Å². The summed E-state index contributed by atoms with van der Waals surface area (Å²) < 4.78 is 14.1. The van der Waals surface area contributed by atoms with Crippen molar-refractivity contribution < 1.29 is 4.39 Å². The molecule has 1 heterocycles. The molecule has 0 aromatic heterocycles. The summed E-state index contributed by atoms with van der Waals surface area (Å²) in [5.41, 5.74) is 12.3. The first-order valence-electron chi connectivity index (χ1n) is 6.00. The SMILES string of the molecule is CC1=NC(c2cc(N)ccc2F)(C2CC2)N=C1N. The Morgan fingerprint density at radius 3 is 2.56 bits per heavy atom. The van der Waals surface area contributed by atoms with E-state index in [0.717, 1.165) is 12.8 Å². The van der Waals surface area contributed by atoms with Gasteiger partial charge in [-0.2, -0.15) is 0 Å². The predicted molar refractivity (Wildman–Crippen MR) is 69.9 cm³/mol. The minimum atomic E-state index is -0.881. The van der Waals surface area contributed by atoms with Gasteiger partial charge in [-0.25, -0.2) is 9.38 Å². The summed E-state index contributed by atoms with van der Waals surface area (Å²) in [6, 6.07) is 4.52. The number of rotatable bonds is 2. The molecule has 0 bridgehead atoms. The van der Waals surface area contributed by atoms with Crippen LogP contribution in [0.25, 0.3) is 0 Å². The molecule has 1 aromatic carbocycles. The van der Waals surface area contributed by atoms with Crippen molar-refractivity contribution in [2.24, 2.45) is 21.6 Å². The van der Waals surface area contributed by atoms with Crippen molar-refractivity contribution in [1.29, 1.82) is 0 Å². The smallest absolute Gasteiger partial charge is 0.184 e. The highest BCUT2D eigenvalue weighted by molar-refractivity contribution is 6.41. The molecule has 4 N–H and O–H groups in total. The Labute approximate surface area is 105 Å². The lowest BCUT2D eigenvalue weighted by Gasteiger charge is -2.24. The van der Waals surface area contributed by atoms with Crippen LogP contribution in [-0.4, -0.2) is 11.5 Å². The van der Waals surface area contributed by atoms with E-state index in [1.165, 1.54) is 12.1 Å². The van der Waals surface area contributed by atoms with Gasteiger partial charge in [-0.1, -0.05) is 0 Å². The molecule has 18 heavy (non-hydrogen) atoms. The maximum Gasteiger partial charge on any atom is 0.184 e. The third-order valence-corrected chi connectivity index (χ3v) is 3.53. The standard InChI is InChI=1S/C13H15FN4/c1-7-12(16)18-13(17-7,8-2-3-8)10-6-9(15)4-5-11(10)14/h4-6,8H,2-3,15H2,1H3,(H2,16,18). The number of aliphatic imine (C=N–C) groups is 2. The average Bonchev–Trinajstić information content (AvgIpc) is 3.11. The Balaban J connectivity index is 2.20. The molecule has 94 valence electrons. The van der Waals surface area contributed by atoms with Gasteiger partial charge in [-0.05, 0) is 38.0 Å². The molecule has 1 fully saturated rings. The van der Waals surface area contributed by atoms with Gasteiger partial charge >= 0.3 is 0 Å². The maximum absolute atomic E-state index is 14.1. The van der Waals surface area contributed by atoms with Gasteiger partial charge in [0.05, 0.1) is 5.71 Å². The fourth-order valence-electron chi connectivity index (χ4n) is 2.44. The molecule has 1 saturated carbocycles. The molecule has 1 unspecified atom stereocenters. The molecule has 0 amide bonds. The Kier molecular flexibility index (Phi) is 2.20. The van der Waals surface area contributed by atoms with Crippen molar-refractivity contribution in [2.75, 3.05) is 5.73 Å². The fourth-order valence-corrected chi connectivity index (χ4v) is 2.44. The van der Waals surface area contributed by atoms with Crippen LogP contribution in [0.4, 0.5) is 10.1 Å². The van der Waals surface area contributed by atoms with Crippen molar-refractivity contribution in [1.82, 2.24) is 0 Å². The Bertz CT molecular complexity index is 554. The van der Waals surface area contributed by atoms with Crippen molar-refractivity contribution in [3.05, 3.63) is 29.6 Å². The summed E-state index contributed by atoms with van der Waals surface area (Å²) in [6.45, 7) is 1.80. The zero-order chi connectivity index (χ0) is 12.9. The summed E-state index contributed by atoms with van der Waals surface area (Å²) in [5.74, 6) is 0.291. The van der Waals surface area contributed by atoms with Crippen LogP contribution >= 0.6 is 0 Å². The third kappa shape index (κ3) is 1.50. The molecule has 4 nitrogen and oxygen atoms in total. The second-order valence-electron chi connectivity index (χ2n) is 4.93. The van der Waals surface area contributed by atoms with Gasteiger partial charge in [0.2, 0.25) is 0 Å². The molecule has 3 rings (SSSR count). The van der Waals surface area contributed by atoms with Gasteiger partial charge in [0, 0.05) is 17.2 Å². The number of anilines is 1. The highest BCUT2D eigenvalue weighted by atomic mass is 19.1. The quantitative estimate of drug-likeness (QED) is 0.781. The van der Waals surface area contributed by atoms with Crippen LogP contribution in [0.5, 0.6) is 0 Å². The monoisotopic (exact) mass is 246 g/mol. The molecule has 0 spiro atoms. The van der Waals surface area contributed by atoms with E-state index in [2.05, 4.69) is 9.98 Å². The molecule has 1 aromatic rings. The van der Waals surface area contributed by atoms with E-state index < -0.39 is 5.66 Å². The molecule has 1 aliphatic carbocycles. The summed E-state index contributed by atoms with van der Waals surface area (Å²) >= 11 is 0. The van der Waals surface area contributed by atoms with Crippen LogP contribution in [0.2, 0.25) is 0 Å². The lowest BCUT2D eigenvalue weighted by molar-refractivity contribution is 0.396. The van der Waals surface area contributed by atoms with Gasteiger partial charge in [0.25, 0.3) is 0 Å². The van der Waals surface area contributed by atoms with Gasteiger partial charge in [-0.15, -0.1) is 0 Å². The van der Waals surface area contributed by atoms with E-state index in [1.54, 1.807) is 13.0 Å². The van der Waals surface area contributed by atoms with E-state index in [9.17, 15) is 4.39 Å². The first-order valence-corrected chi connectivity index (χ1v) is 6.00. The molecule has 1 atom stereocenters. The zero-order valence-corrected chi connectivity index (χ0v) is 10.2. The second kappa shape index (κ2) is 3.54. The molecule has 1 aliphatic heterocycles. The average molecular weight is 246 g/mol. The number of nitrogens with two attached hydrogens (primary N) is 2. The number of amidine groups is 1. The molecule has 0 saturated heterocycles. The van der Waals surface area contributed by atoms with Crippen LogP contribution in [0.1, 0.15) is 25.3 Å². The summed E-state index contributed by atoms with van der Waals surface area (Å²) in [5, 5.41) is 0. The number of benzene rings is 1. The largest absolute Gasteiger partial charge is 0.399 e. The van der Waals surface area contributed by atoms with Crippen molar-refractivity contribution in [2.45, 2.75) is 25.4 Å². The Morgan fingerprint density at radius 1 is 1.28 bits per heavy atom. The summed E-state index contributed by atoms with van der Waals surface area (Å²) in [4.78, 5) is 8.96. The van der Waals surface area contributed by atoms with Crippen molar-refractivity contribution in [3.63, 3.8) is 0 Å². The van der Waals surface area contributed by atoms with Crippen LogP contribution in [0, 0.1) is 11.7 Å². The van der Waals surface area contributed by atoms with Crippen molar-refractivity contribution >= 4 is 17.2 Å². The third-order valence-electron chi connectivity index (χ3n) is 3.53. The second-order valence-corrected chi connectivity index (χ2v) is 4.93. The first kappa shape index (κ1) is 11.2. The van der Waals surface area contributed by atoms with Crippen LogP contribution < -0.4 is 11.5 Å². The van der Waals surface area contributed by atoms with Gasteiger partial charge in [0.15, 0.2) is 5.66 Å². The highest BCUT2D eigenvalue weighted by Crippen LogP contribution is 2.51. The van der Waals surface area contributed by atoms with Gasteiger partial charge < -0.3 is 11.5 Å². The van der Waals surface area contributed by atoms with Crippen LogP contribution in [0.15, 0.2) is 28.2 Å². The Hall–Kier alpha value is -1.91. The molecular formula is C13H15FN4. The Morgan fingerprint density at radius 2 is 2.00 bits per heavy atom. The minimum absolute atomic E-state index is 0.227. The summed E-state index contributed by atoms with van der Waals surface area (Å²) in [7, 11) is 0. The van der Waals surface area contributed by atoms with Crippen LogP contribution in [0.3, 0.4) is 0 Å². The van der Waals surface area contributed by atoms with E-state index in [0.29, 0.717) is 22.8 Å². The maximum atomic E-state index is 14.1. The zero-order valence-electron chi connectivity index (χ0n) is 10.2. The highest BCUT2D eigenvalue weighted by Gasteiger charge is 2.50. The fraction of sp³-hybridized carbons (Fsp3) is 0.385. The van der Waals surface area contributed by atoms with Crippen molar-refractivity contribution in [3.8, 4) is 0 Å². The molecule has 0 radical (unpaired) electrons. The summed E-state index contributed by atoms with van der Waals surface area (Å²) in [6.07, 6.45) is 1.98. The molecule has 2 aliphatic rings. The van der Waals surface area contributed by atoms with E-state index in [4.69, 9.17) is 11.5 Å². The lowest BCUT2D eigenvalue weighted by atomic mass is 9.94.